The minimum Gasteiger partial charge on any atom is -0.337 e. The maximum absolute atomic E-state index is 12.3. The summed E-state index contributed by atoms with van der Waals surface area (Å²) in [5, 5.41) is 0. The van der Waals surface area contributed by atoms with Crippen molar-refractivity contribution >= 4 is 21.8 Å². The van der Waals surface area contributed by atoms with E-state index in [-0.39, 0.29) is 0 Å². The van der Waals surface area contributed by atoms with Crippen LogP contribution in [0.1, 0.15) is 12.8 Å². The van der Waals surface area contributed by atoms with Crippen molar-refractivity contribution in [3.8, 4) is 0 Å². The van der Waals surface area contributed by atoms with Gasteiger partial charge in [-0.05, 0) is 12.8 Å². The summed E-state index contributed by atoms with van der Waals surface area (Å²) in [5.41, 5.74) is 0. The van der Waals surface area contributed by atoms with Crippen molar-refractivity contribution in [2.45, 2.75) is 17.7 Å². The molecule has 0 radical (unpaired) electrons. The van der Waals surface area contributed by atoms with Gasteiger partial charge in [-0.25, -0.2) is 0 Å². The summed E-state index contributed by atoms with van der Waals surface area (Å²) in [6.45, 7) is 0.917. The molecule has 0 atom stereocenters. The van der Waals surface area contributed by atoms with E-state index in [2.05, 4.69) is 0 Å². The maximum atomic E-state index is 12.3. The zero-order valence-corrected chi connectivity index (χ0v) is 7.40. The molecule has 0 aromatic rings. The average Bonchev–Trinajstić information content (AvgIpc) is 2.34. The number of hydrogen-bond donors (Lipinski definition) is 0. The quantitative estimate of drug-likeness (QED) is 0.624. The van der Waals surface area contributed by atoms with E-state index in [4.69, 9.17) is 0 Å². The summed E-state index contributed by atoms with van der Waals surface area (Å²) in [7, 11) is 0. The van der Waals surface area contributed by atoms with Crippen LogP contribution in [0.15, 0.2) is 0 Å². The Morgan fingerprint density at radius 3 is 2.18 bits per heavy atom. The van der Waals surface area contributed by atoms with E-state index < -0.39 is 10.7 Å². The van der Waals surface area contributed by atoms with Crippen LogP contribution in [0, 0.1) is 0 Å². The first-order valence-corrected chi connectivity index (χ1v) is 4.17. The first kappa shape index (κ1) is 8.90. The smallest absolute Gasteiger partial charge is 0.337 e. The van der Waals surface area contributed by atoms with Crippen molar-refractivity contribution in [1.29, 1.82) is 0 Å². The maximum Gasteiger partial charge on any atom is 0.377 e. The molecule has 0 aromatic carbocycles. The standard InChI is InChI=1S/C6H8BrF2NO/c7-6(8,9)5(11)10-3-1-2-4-10/h1-4H2. The highest BCUT2D eigenvalue weighted by molar-refractivity contribution is 9.10. The van der Waals surface area contributed by atoms with Gasteiger partial charge >= 0.3 is 10.7 Å². The molecule has 0 aliphatic carbocycles. The monoisotopic (exact) mass is 227 g/mol. The van der Waals surface area contributed by atoms with Gasteiger partial charge in [-0.3, -0.25) is 4.79 Å². The van der Waals surface area contributed by atoms with Crippen molar-refractivity contribution < 1.29 is 13.6 Å². The Balaban J connectivity index is 2.53. The number of likely N-dealkylation sites (tertiary alicyclic amines) is 1. The lowest BCUT2D eigenvalue weighted by Gasteiger charge is -2.17. The number of nitrogens with zero attached hydrogens (tertiary/aromatic N) is 1. The largest absolute Gasteiger partial charge is 0.377 e. The second kappa shape index (κ2) is 3.05. The molecule has 1 heterocycles. The minimum absolute atomic E-state index is 0.458. The molecular formula is C6H8BrF2NO. The van der Waals surface area contributed by atoms with E-state index in [1.165, 1.54) is 4.90 Å². The third kappa shape index (κ3) is 2.12. The molecule has 1 fully saturated rings. The molecule has 1 aliphatic rings. The summed E-state index contributed by atoms with van der Waals surface area (Å²) in [4.78, 5) is 8.59. The SMILES string of the molecule is O=C(N1CCCC1)C(F)(F)Br. The Morgan fingerprint density at radius 2 is 1.82 bits per heavy atom. The molecule has 0 spiro atoms. The molecule has 0 aromatic heterocycles. The molecule has 0 N–H and O–H groups in total. The average molecular weight is 228 g/mol. The van der Waals surface area contributed by atoms with E-state index in [0.29, 0.717) is 13.1 Å². The van der Waals surface area contributed by atoms with Crippen LogP contribution < -0.4 is 0 Å². The van der Waals surface area contributed by atoms with Gasteiger partial charge in [0, 0.05) is 29.0 Å². The first-order valence-electron chi connectivity index (χ1n) is 3.38. The van der Waals surface area contributed by atoms with Gasteiger partial charge in [0.25, 0.3) is 0 Å². The van der Waals surface area contributed by atoms with Crippen LogP contribution in [-0.4, -0.2) is 28.7 Å². The van der Waals surface area contributed by atoms with Crippen LogP contribution in [0.2, 0.25) is 0 Å². The van der Waals surface area contributed by atoms with E-state index in [1.807, 2.05) is 15.9 Å². The van der Waals surface area contributed by atoms with Crippen LogP contribution in [0.3, 0.4) is 0 Å². The molecule has 2 nitrogen and oxygen atoms in total. The highest BCUT2D eigenvalue weighted by atomic mass is 79.9. The van der Waals surface area contributed by atoms with Crippen LogP contribution in [-0.2, 0) is 4.79 Å². The summed E-state index contributed by atoms with van der Waals surface area (Å²) < 4.78 is 24.6. The number of rotatable bonds is 1. The molecule has 0 unspecified atom stereocenters. The van der Waals surface area contributed by atoms with Gasteiger partial charge in [0.15, 0.2) is 0 Å². The fourth-order valence-corrected chi connectivity index (χ4v) is 1.35. The van der Waals surface area contributed by atoms with Gasteiger partial charge in [-0.2, -0.15) is 8.78 Å². The molecule has 1 amide bonds. The lowest BCUT2D eigenvalue weighted by atomic mass is 10.4. The first-order chi connectivity index (χ1) is 5.02. The topological polar surface area (TPSA) is 20.3 Å². The molecule has 1 aliphatic heterocycles. The lowest BCUT2D eigenvalue weighted by molar-refractivity contribution is -0.144. The molecule has 0 bridgehead atoms. The van der Waals surface area contributed by atoms with Gasteiger partial charge in [-0.1, -0.05) is 0 Å². The van der Waals surface area contributed by atoms with Crippen molar-refractivity contribution in [3.63, 3.8) is 0 Å². The Hall–Kier alpha value is -0.190. The zero-order chi connectivity index (χ0) is 8.48. The van der Waals surface area contributed by atoms with Crippen LogP contribution in [0.25, 0.3) is 0 Å². The second-order valence-electron chi connectivity index (χ2n) is 2.50. The van der Waals surface area contributed by atoms with Gasteiger partial charge in [-0.15, -0.1) is 0 Å². The van der Waals surface area contributed by atoms with Crippen molar-refractivity contribution in [3.05, 3.63) is 0 Å². The van der Waals surface area contributed by atoms with Crippen molar-refractivity contribution in [2.24, 2.45) is 0 Å². The third-order valence-corrected chi connectivity index (χ3v) is 1.97. The second-order valence-corrected chi connectivity index (χ2v) is 3.49. The Kier molecular flexibility index (Phi) is 2.47. The van der Waals surface area contributed by atoms with E-state index in [1.54, 1.807) is 0 Å². The van der Waals surface area contributed by atoms with Crippen molar-refractivity contribution in [1.82, 2.24) is 4.90 Å². The summed E-state index contributed by atoms with van der Waals surface area (Å²) in [5.74, 6) is -1.12. The molecule has 0 saturated carbocycles. The molecule has 5 heteroatoms. The van der Waals surface area contributed by atoms with Gasteiger partial charge in [0.2, 0.25) is 0 Å². The molecular weight excluding hydrogens is 220 g/mol. The van der Waals surface area contributed by atoms with Crippen LogP contribution in [0.4, 0.5) is 8.78 Å². The van der Waals surface area contributed by atoms with Crippen LogP contribution >= 0.6 is 15.9 Å². The summed E-state index contributed by atoms with van der Waals surface area (Å²) >= 11 is 2.03. The highest BCUT2D eigenvalue weighted by Crippen LogP contribution is 2.26. The predicted octanol–water partition coefficient (Wildman–Crippen LogP) is 1.60. The predicted molar refractivity (Wildman–Crippen MR) is 39.7 cm³/mol. The fourth-order valence-electron chi connectivity index (χ4n) is 1.10. The molecule has 11 heavy (non-hydrogen) atoms. The summed E-state index contributed by atoms with van der Waals surface area (Å²) in [6, 6.07) is 0. The van der Waals surface area contributed by atoms with Gasteiger partial charge in [0.1, 0.15) is 0 Å². The van der Waals surface area contributed by atoms with Gasteiger partial charge < -0.3 is 4.90 Å². The normalized spacial score (nSPS) is 19.0. The number of halogens is 3. The number of alkyl halides is 3. The Labute approximate surface area is 71.7 Å². The number of carbonyl (C=O) groups is 1. The highest BCUT2D eigenvalue weighted by Gasteiger charge is 2.39. The van der Waals surface area contributed by atoms with Gasteiger partial charge in [0.05, 0.1) is 0 Å². The fraction of sp³-hybridized carbons (Fsp3) is 0.833. The summed E-state index contributed by atoms with van der Waals surface area (Å²) in [6.07, 6.45) is 1.66. The number of hydrogen-bond acceptors (Lipinski definition) is 1. The molecule has 1 rings (SSSR count). The van der Waals surface area contributed by atoms with Crippen LogP contribution in [0.5, 0.6) is 0 Å². The van der Waals surface area contributed by atoms with Crippen molar-refractivity contribution in [2.75, 3.05) is 13.1 Å². The third-order valence-electron chi connectivity index (χ3n) is 1.64. The minimum atomic E-state index is -3.38. The number of amides is 1. The molecule has 1 saturated heterocycles. The molecule has 64 valence electrons. The number of carbonyl (C=O) groups excluding carboxylic acids is 1. The Morgan fingerprint density at radius 1 is 1.36 bits per heavy atom. The lowest BCUT2D eigenvalue weighted by Crippen LogP contribution is -2.38. The van der Waals surface area contributed by atoms with E-state index in [9.17, 15) is 13.6 Å². The van der Waals surface area contributed by atoms with E-state index >= 15 is 0 Å². The Bertz CT molecular complexity index is 162. The van der Waals surface area contributed by atoms with E-state index in [0.717, 1.165) is 12.8 Å². The zero-order valence-electron chi connectivity index (χ0n) is 5.82.